The molecule has 0 saturated carbocycles. The molecule has 1 N–H and O–H groups in total. The number of carboxylic acids is 1. The van der Waals surface area contributed by atoms with Crippen LogP contribution in [0.3, 0.4) is 0 Å². The van der Waals surface area contributed by atoms with Gasteiger partial charge in [0, 0.05) is 12.8 Å². The molecule has 1 unspecified atom stereocenters. The minimum Gasteiger partial charge on any atom is -0.479 e. The zero-order valence-electron chi connectivity index (χ0n) is 10.3. The van der Waals surface area contributed by atoms with E-state index in [-0.39, 0.29) is 6.10 Å². The Balaban J connectivity index is 2.26. The molecule has 17 heavy (non-hydrogen) atoms. The van der Waals surface area contributed by atoms with Crippen LogP contribution in [0.25, 0.3) is 0 Å². The maximum absolute atomic E-state index is 11.5. The molecule has 3 heteroatoms. The molecule has 1 aliphatic rings. The maximum Gasteiger partial charge on any atom is 0.336 e. The molecular weight excluding hydrogens is 216 g/mol. The predicted molar refractivity (Wildman–Crippen MR) is 65.1 cm³/mol. The average Bonchev–Trinajstić information content (AvgIpc) is 2.68. The van der Waals surface area contributed by atoms with E-state index >= 15 is 0 Å². The van der Waals surface area contributed by atoms with Crippen molar-refractivity contribution >= 4 is 5.97 Å². The van der Waals surface area contributed by atoms with Crippen LogP contribution in [0.4, 0.5) is 0 Å². The molecule has 1 aliphatic carbocycles. The molecule has 0 aliphatic heterocycles. The van der Waals surface area contributed by atoms with Crippen LogP contribution >= 0.6 is 0 Å². The minimum absolute atomic E-state index is 0.0274. The van der Waals surface area contributed by atoms with Crippen molar-refractivity contribution in [3.63, 3.8) is 0 Å². The molecule has 0 aromatic heterocycles. The van der Waals surface area contributed by atoms with E-state index < -0.39 is 11.6 Å². The minimum atomic E-state index is -1.06. The molecule has 0 saturated heterocycles. The third kappa shape index (κ3) is 2.20. The summed E-state index contributed by atoms with van der Waals surface area (Å²) in [6.45, 7) is 3.93. The number of ether oxygens (including phenoxy) is 1. The standard InChI is InChI=1S/C14H18O3/c1-3-10(2)17-14(13(15)16)8-11-6-4-5-7-12(11)9-14/h4-7,10H,3,8-9H2,1-2H3,(H,15,16). The van der Waals surface area contributed by atoms with Crippen molar-refractivity contribution in [1.29, 1.82) is 0 Å². The van der Waals surface area contributed by atoms with E-state index in [0.717, 1.165) is 17.5 Å². The highest BCUT2D eigenvalue weighted by molar-refractivity contribution is 5.80. The van der Waals surface area contributed by atoms with Gasteiger partial charge in [-0.15, -0.1) is 0 Å². The molecule has 92 valence electrons. The second-order valence-electron chi connectivity index (χ2n) is 4.76. The molecule has 0 fully saturated rings. The predicted octanol–water partition coefficient (Wildman–Crippen LogP) is 2.42. The largest absolute Gasteiger partial charge is 0.479 e. The van der Waals surface area contributed by atoms with Gasteiger partial charge >= 0.3 is 5.97 Å². The Morgan fingerprint density at radius 2 is 1.94 bits per heavy atom. The summed E-state index contributed by atoms with van der Waals surface area (Å²) in [5, 5.41) is 9.46. The van der Waals surface area contributed by atoms with E-state index in [2.05, 4.69) is 0 Å². The van der Waals surface area contributed by atoms with E-state index in [1.54, 1.807) is 0 Å². The van der Waals surface area contributed by atoms with Crippen molar-refractivity contribution in [2.45, 2.75) is 44.8 Å². The number of benzene rings is 1. The molecule has 0 bridgehead atoms. The van der Waals surface area contributed by atoms with Gasteiger partial charge in [0.25, 0.3) is 0 Å². The van der Waals surface area contributed by atoms with Gasteiger partial charge in [-0.2, -0.15) is 0 Å². The van der Waals surface area contributed by atoms with Crippen LogP contribution in [-0.4, -0.2) is 22.8 Å². The lowest BCUT2D eigenvalue weighted by molar-refractivity contribution is -0.171. The summed E-state index contributed by atoms with van der Waals surface area (Å²) < 4.78 is 5.79. The lowest BCUT2D eigenvalue weighted by Gasteiger charge is -2.28. The third-order valence-electron chi connectivity index (χ3n) is 3.46. The Morgan fingerprint density at radius 3 is 2.35 bits per heavy atom. The fourth-order valence-electron chi connectivity index (χ4n) is 2.33. The first-order valence-corrected chi connectivity index (χ1v) is 6.05. The second kappa shape index (κ2) is 4.49. The van der Waals surface area contributed by atoms with Gasteiger partial charge in [-0.1, -0.05) is 31.2 Å². The van der Waals surface area contributed by atoms with Crippen molar-refractivity contribution in [2.24, 2.45) is 0 Å². The fourth-order valence-corrected chi connectivity index (χ4v) is 2.33. The fraction of sp³-hybridized carbons (Fsp3) is 0.500. The monoisotopic (exact) mass is 234 g/mol. The molecule has 3 nitrogen and oxygen atoms in total. The Morgan fingerprint density at radius 1 is 1.41 bits per heavy atom. The highest BCUT2D eigenvalue weighted by atomic mass is 16.5. The number of carbonyl (C=O) groups is 1. The molecule has 1 aromatic rings. The van der Waals surface area contributed by atoms with Crippen LogP contribution in [0.2, 0.25) is 0 Å². The lowest BCUT2D eigenvalue weighted by Crippen LogP contribution is -2.44. The Labute approximate surface area is 101 Å². The number of aliphatic carboxylic acids is 1. The van der Waals surface area contributed by atoms with Crippen molar-refractivity contribution in [1.82, 2.24) is 0 Å². The van der Waals surface area contributed by atoms with Crippen LogP contribution in [0, 0.1) is 0 Å². The topological polar surface area (TPSA) is 46.5 Å². The van der Waals surface area contributed by atoms with Gasteiger partial charge in [0.05, 0.1) is 6.10 Å². The van der Waals surface area contributed by atoms with Crippen LogP contribution in [0.15, 0.2) is 24.3 Å². The lowest BCUT2D eigenvalue weighted by atomic mass is 10.00. The molecule has 0 spiro atoms. The summed E-state index contributed by atoms with van der Waals surface area (Å²) in [6, 6.07) is 7.86. The maximum atomic E-state index is 11.5. The van der Waals surface area contributed by atoms with E-state index in [1.165, 1.54) is 0 Å². The first kappa shape index (κ1) is 12.1. The van der Waals surface area contributed by atoms with E-state index in [0.29, 0.717) is 12.8 Å². The third-order valence-corrected chi connectivity index (χ3v) is 3.46. The summed E-state index contributed by atoms with van der Waals surface area (Å²) in [4.78, 5) is 11.5. The van der Waals surface area contributed by atoms with Crippen LogP contribution in [-0.2, 0) is 22.4 Å². The van der Waals surface area contributed by atoms with Gasteiger partial charge < -0.3 is 9.84 Å². The average molecular weight is 234 g/mol. The van der Waals surface area contributed by atoms with Crippen molar-refractivity contribution in [3.8, 4) is 0 Å². The van der Waals surface area contributed by atoms with Gasteiger partial charge in [0.15, 0.2) is 5.60 Å². The molecule has 0 radical (unpaired) electrons. The number of fused-ring (bicyclic) bond motifs is 1. The molecular formula is C14H18O3. The first-order valence-electron chi connectivity index (χ1n) is 6.05. The zero-order valence-corrected chi connectivity index (χ0v) is 10.3. The highest BCUT2D eigenvalue weighted by Gasteiger charge is 2.46. The van der Waals surface area contributed by atoms with Gasteiger partial charge in [-0.3, -0.25) is 0 Å². The summed E-state index contributed by atoms with van der Waals surface area (Å²) >= 11 is 0. The molecule has 2 rings (SSSR count). The first-order chi connectivity index (χ1) is 8.07. The van der Waals surface area contributed by atoms with Crippen molar-refractivity contribution in [2.75, 3.05) is 0 Å². The number of hydrogen-bond donors (Lipinski definition) is 1. The SMILES string of the molecule is CCC(C)OC1(C(=O)O)Cc2ccccc2C1. The molecule has 1 atom stereocenters. The highest BCUT2D eigenvalue weighted by Crippen LogP contribution is 2.34. The Kier molecular flexibility index (Phi) is 3.20. The summed E-state index contributed by atoms with van der Waals surface area (Å²) in [5.74, 6) is -0.853. The summed E-state index contributed by atoms with van der Waals surface area (Å²) in [5.41, 5.74) is 1.13. The molecule has 0 amide bonds. The van der Waals surface area contributed by atoms with E-state index in [9.17, 15) is 9.90 Å². The van der Waals surface area contributed by atoms with Crippen LogP contribution < -0.4 is 0 Å². The number of rotatable bonds is 4. The smallest absolute Gasteiger partial charge is 0.336 e. The van der Waals surface area contributed by atoms with Gasteiger partial charge in [-0.05, 0) is 24.5 Å². The molecule has 1 aromatic carbocycles. The Bertz CT molecular complexity index is 400. The Hall–Kier alpha value is -1.35. The van der Waals surface area contributed by atoms with Crippen LogP contribution in [0.5, 0.6) is 0 Å². The normalized spacial score (nSPS) is 18.7. The number of hydrogen-bond acceptors (Lipinski definition) is 2. The van der Waals surface area contributed by atoms with Gasteiger partial charge in [-0.25, -0.2) is 4.79 Å². The van der Waals surface area contributed by atoms with Crippen molar-refractivity contribution < 1.29 is 14.6 Å². The summed E-state index contributed by atoms with van der Waals surface area (Å²) in [7, 11) is 0. The van der Waals surface area contributed by atoms with Crippen molar-refractivity contribution in [3.05, 3.63) is 35.4 Å². The van der Waals surface area contributed by atoms with Gasteiger partial charge in [0.1, 0.15) is 0 Å². The number of carboxylic acid groups (broad SMARTS) is 1. The van der Waals surface area contributed by atoms with E-state index in [1.807, 2.05) is 38.1 Å². The second-order valence-corrected chi connectivity index (χ2v) is 4.76. The van der Waals surface area contributed by atoms with Crippen LogP contribution in [0.1, 0.15) is 31.4 Å². The zero-order chi connectivity index (χ0) is 12.5. The van der Waals surface area contributed by atoms with Gasteiger partial charge in [0.2, 0.25) is 0 Å². The van der Waals surface area contributed by atoms with E-state index in [4.69, 9.17) is 4.74 Å². The quantitative estimate of drug-likeness (QED) is 0.870. The summed E-state index contributed by atoms with van der Waals surface area (Å²) in [6.07, 6.45) is 1.75. The molecule has 0 heterocycles.